The molecule has 0 aromatic rings. The Kier molecular flexibility index (Phi) is 10.5. The highest BCUT2D eigenvalue weighted by molar-refractivity contribution is 5.98. The van der Waals surface area contributed by atoms with Gasteiger partial charge >= 0.3 is 0 Å². The Labute approximate surface area is 106 Å². The number of rotatable bonds is 11. The summed E-state index contributed by atoms with van der Waals surface area (Å²) in [5, 5.41) is 0. The lowest BCUT2D eigenvalue weighted by Crippen LogP contribution is -2.22. The first-order valence-corrected chi connectivity index (χ1v) is 7.99. The second-order valence-electron chi connectivity index (χ2n) is 5.54. The maximum absolute atomic E-state index is 5.55. The molecule has 0 N–H and O–H groups in total. The van der Waals surface area contributed by atoms with Crippen molar-refractivity contribution in [1.29, 1.82) is 0 Å². The van der Waals surface area contributed by atoms with E-state index >= 15 is 0 Å². The zero-order chi connectivity index (χ0) is 12.3. The average molecular weight is 244 g/mol. The predicted molar refractivity (Wildman–Crippen MR) is 76.9 cm³/mol. The van der Waals surface area contributed by atoms with E-state index in [9.17, 15) is 0 Å². The Morgan fingerprint density at radius 1 is 0.812 bits per heavy atom. The zero-order valence-electron chi connectivity index (χ0n) is 12.0. The summed E-state index contributed by atoms with van der Waals surface area (Å²) in [6.45, 7) is 6.70. The SMILES string of the molecule is CCCCCCCCCCCC(C)(C)O[SiH3]. The van der Waals surface area contributed by atoms with Crippen LogP contribution < -0.4 is 0 Å². The van der Waals surface area contributed by atoms with E-state index in [1.165, 1.54) is 64.2 Å². The van der Waals surface area contributed by atoms with Crippen LogP contribution in [0.15, 0.2) is 0 Å². The summed E-state index contributed by atoms with van der Waals surface area (Å²) < 4.78 is 5.55. The maximum atomic E-state index is 5.55. The Bertz CT molecular complexity index is 146. The molecule has 0 aliphatic carbocycles. The summed E-state index contributed by atoms with van der Waals surface area (Å²) in [6.07, 6.45) is 13.9. The largest absolute Gasteiger partial charge is 0.423 e. The van der Waals surface area contributed by atoms with E-state index in [-0.39, 0.29) is 5.60 Å². The third kappa shape index (κ3) is 10.7. The second kappa shape index (κ2) is 10.3. The Morgan fingerprint density at radius 3 is 1.69 bits per heavy atom. The first kappa shape index (κ1) is 16.2. The van der Waals surface area contributed by atoms with Gasteiger partial charge in [0.1, 0.15) is 10.5 Å². The van der Waals surface area contributed by atoms with Crippen LogP contribution in [-0.4, -0.2) is 16.1 Å². The van der Waals surface area contributed by atoms with Crippen molar-refractivity contribution in [2.45, 2.75) is 90.6 Å². The minimum Gasteiger partial charge on any atom is -0.423 e. The Morgan fingerprint density at radius 2 is 1.25 bits per heavy atom. The summed E-state index contributed by atoms with van der Waals surface area (Å²) in [7, 11) is 0.868. The topological polar surface area (TPSA) is 9.23 Å². The van der Waals surface area contributed by atoms with E-state index in [1.54, 1.807) is 0 Å². The standard InChI is InChI=1S/C14H32OSi/c1-4-5-6-7-8-9-10-11-12-13-14(2,3)15-16/h4-13H2,1-3,16H3. The monoisotopic (exact) mass is 244 g/mol. The minimum atomic E-state index is 0.146. The molecule has 0 saturated heterocycles. The highest BCUT2D eigenvalue weighted by Gasteiger charge is 2.13. The summed E-state index contributed by atoms with van der Waals surface area (Å²) >= 11 is 0. The second-order valence-corrected chi connectivity index (χ2v) is 5.95. The highest BCUT2D eigenvalue weighted by Crippen LogP contribution is 2.18. The van der Waals surface area contributed by atoms with Gasteiger partial charge in [-0.3, -0.25) is 0 Å². The average Bonchev–Trinajstić information content (AvgIpc) is 2.27. The summed E-state index contributed by atoms with van der Waals surface area (Å²) in [5.74, 6) is 0. The van der Waals surface area contributed by atoms with Gasteiger partial charge in [0, 0.05) is 5.60 Å². The zero-order valence-corrected chi connectivity index (χ0v) is 14.0. The van der Waals surface area contributed by atoms with Crippen LogP contribution in [0.3, 0.4) is 0 Å². The summed E-state index contributed by atoms with van der Waals surface area (Å²) in [5.41, 5.74) is 0.146. The van der Waals surface area contributed by atoms with Crippen molar-refractivity contribution in [3.63, 3.8) is 0 Å². The van der Waals surface area contributed by atoms with E-state index in [4.69, 9.17) is 4.43 Å². The molecule has 0 fully saturated rings. The van der Waals surface area contributed by atoms with Gasteiger partial charge in [0.2, 0.25) is 0 Å². The molecule has 0 saturated carbocycles. The normalized spacial score (nSPS) is 12.2. The molecule has 0 aromatic heterocycles. The first-order valence-electron chi connectivity index (χ1n) is 7.17. The molecule has 0 aliphatic rings. The van der Waals surface area contributed by atoms with Gasteiger partial charge in [-0.2, -0.15) is 0 Å². The molecule has 1 nitrogen and oxygen atoms in total. The molecule has 0 radical (unpaired) electrons. The van der Waals surface area contributed by atoms with Gasteiger partial charge < -0.3 is 4.43 Å². The fourth-order valence-corrected chi connectivity index (χ4v) is 2.17. The van der Waals surface area contributed by atoms with Gasteiger partial charge in [0.25, 0.3) is 0 Å². The molecular weight excluding hydrogens is 212 g/mol. The number of hydrogen-bond donors (Lipinski definition) is 0. The Balaban J connectivity index is 3.10. The molecule has 0 heterocycles. The quantitative estimate of drug-likeness (QED) is 0.394. The van der Waals surface area contributed by atoms with E-state index in [0.717, 1.165) is 10.5 Å². The molecule has 2 heteroatoms. The van der Waals surface area contributed by atoms with Crippen molar-refractivity contribution in [3.8, 4) is 0 Å². The van der Waals surface area contributed by atoms with Gasteiger partial charge in [-0.15, -0.1) is 0 Å². The van der Waals surface area contributed by atoms with Gasteiger partial charge in [0.05, 0.1) is 0 Å². The van der Waals surface area contributed by atoms with E-state index in [2.05, 4.69) is 20.8 Å². The molecule has 0 unspecified atom stereocenters. The fourth-order valence-electron chi connectivity index (χ4n) is 1.96. The van der Waals surface area contributed by atoms with Crippen molar-refractivity contribution in [2.24, 2.45) is 0 Å². The van der Waals surface area contributed by atoms with Crippen molar-refractivity contribution in [3.05, 3.63) is 0 Å². The number of unbranched alkanes of at least 4 members (excludes halogenated alkanes) is 8. The van der Waals surface area contributed by atoms with E-state index in [1.807, 2.05) is 0 Å². The molecule has 0 spiro atoms. The summed E-state index contributed by atoms with van der Waals surface area (Å²) in [6, 6.07) is 0. The molecule has 0 amide bonds. The van der Waals surface area contributed by atoms with Gasteiger partial charge in [-0.1, -0.05) is 64.7 Å². The van der Waals surface area contributed by atoms with Gasteiger partial charge in [-0.05, 0) is 20.3 Å². The Hall–Kier alpha value is 0.177. The molecular formula is C14H32OSi. The molecule has 98 valence electrons. The van der Waals surface area contributed by atoms with Crippen molar-refractivity contribution >= 4 is 10.5 Å². The third-order valence-electron chi connectivity index (χ3n) is 3.43. The van der Waals surface area contributed by atoms with E-state index < -0.39 is 0 Å². The van der Waals surface area contributed by atoms with Crippen LogP contribution in [0.25, 0.3) is 0 Å². The van der Waals surface area contributed by atoms with Crippen LogP contribution in [0, 0.1) is 0 Å². The molecule has 16 heavy (non-hydrogen) atoms. The van der Waals surface area contributed by atoms with Crippen molar-refractivity contribution in [1.82, 2.24) is 0 Å². The molecule has 0 atom stereocenters. The predicted octanol–water partition coefficient (Wildman–Crippen LogP) is 3.98. The smallest absolute Gasteiger partial charge is 0.146 e. The lowest BCUT2D eigenvalue weighted by molar-refractivity contribution is 0.109. The number of hydrogen-bond acceptors (Lipinski definition) is 1. The highest BCUT2D eigenvalue weighted by atomic mass is 28.2. The molecule has 0 aromatic carbocycles. The van der Waals surface area contributed by atoms with Crippen LogP contribution in [0.2, 0.25) is 0 Å². The van der Waals surface area contributed by atoms with Gasteiger partial charge in [-0.25, -0.2) is 0 Å². The van der Waals surface area contributed by atoms with Crippen LogP contribution in [0.1, 0.15) is 85.0 Å². The lowest BCUT2D eigenvalue weighted by Gasteiger charge is -2.23. The van der Waals surface area contributed by atoms with Crippen molar-refractivity contribution in [2.75, 3.05) is 0 Å². The van der Waals surface area contributed by atoms with Gasteiger partial charge in [0.15, 0.2) is 0 Å². The molecule has 0 rings (SSSR count). The first-order chi connectivity index (χ1) is 7.62. The maximum Gasteiger partial charge on any atom is 0.146 e. The van der Waals surface area contributed by atoms with Crippen LogP contribution in [0.4, 0.5) is 0 Å². The van der Waals surface area contributed by atoms with E-state index in [0.29, 0.717) is 0 Å². The van der Waals surface area contributed by atoms with Crippen molar-refractivity contribution < 1.29 is 4.43 Å². The third-order valence-corrected chi connectivity index (χ3v) is 4.54. The molecule has 0 bridgehead atoms. The van der Waals surface area contributed by atoms with Crippen LogP contribution >= 0.6 is 0 Å². The summed E-state index contributed by atoms with van der Waals surface area (Å²) in [4.78, 5) is 0. The molecule has 0 aliphatic heterocycles. The van der Waals surface area contributed by atoms with Crippen LogP contribution in [-0.2, 0) is 4.43 Å². The lowest BCUT2D eigenvalue weighted by atomic mass is 9.99. The van der Waals surface area contributed by atoms with Crippen LogP contribution in [0.5, 0.6) is 0 Å². The minimum absolute atomic E-state index is 0.146. The fraction of sp³-hybridized carbons (Fsp3) is 1.00.